The van der Waals surface area contributed by atoms with Crippen LogP contribution in [-0.4, -0.2) is 27.7 Å². The number of aromatic nitrogens is 3. The van der Waals surface area contributed by atoms with E-state index in [-0.39, 0.29) is 11.6 Å². The van der Waals surface area contributed by atoms with E-state index in [9.17, 15) is 4.79 Å². The number of nitrogens with zero attached hydrogens (tertiary/aromatic N) is 3. The quantitative estimate of drug-likeness (QED) is 0.439. The first-order valence-corrected chi connectivity index (χ1v) is 10.4. The smallest absolute Gasteiger partial charge is 0.323 e. The molecule has 1 fully saturated rings. The van der Waals surface area contributed by atoms with Crippen LogP contribution < -0.4 is 21.1 Å². The lowest BCUT2D eigenvalue weighted by Gasteiger charge is -2.13. The van der Waals surface area contributed by atoms with Gasteiger partial charge >= 0.3 is 6.03 Å². The summed E-state index contributed by atoms with van der Waals surface area (Å²) in [5.41, 5.74) is 12.4. The number of anilines is 2. The topological polar surface area (TPSA) is 107 Å². The van der Waals surface area contributed by atoms with Gasteiger partial charge in [0.2, 0.25) is 0 Å². The van der Waals surface area contributed by atoms with Gasteiger partial charge in [-0.25, -0.2) is 14.3 Å². The molecule has 8 nitrogen and oxygen atoms in total. The largest absolute Gasteiger partial charge is 0.495 e. The van der Waals surface area contributed by atoms with Crippen LogP contribution in [0.3, 0.4) is 0 Å². The Labute approximate surface area is 185 Å². The molecule has 1 saturated carbocycles. The highest BCUT2D eigenvalue weighted by molar-refractivity contribution is 6.01. The number of hydrogen-bond donors (Lipinski definition) is 3. The molecule has 4 N–H and O–H groups in total. The summed E-state index contributed by atoms with van der Waals surface area (Å²) in [7, 11) is 1.57. The summed E-state index contributed by atoms with van der Waals surface area (Å²) in [6.45, 7) is 2.05. The maximum Gasteiger partial charge on any atom is 0.323 e. The number of nitrogens with two attached hydrogens (primary N) is 1. The van der Waals surface area contributed by atoms with Crippen LogP contribution in [0.15, 0.2) is 61.1 Å². The molecule has 0 saturated heterocycles. The standard InChI is InChI=1S/C24H24N6O2/c1-15-13-30-21(22(26-14-27-30)24(25)11-12-24)20(15)16-7-9-17(10-8-16)28-23(31)29-18-5-3-4-6-19(18)32-2/h3-10,13-14H,11-12,25H2,1-2H3,(H2,28,29,31). The molecule has 0 bridgehead atoms. The SMILES string of the molecule is COc1ccccc1NC(=O)Nc1ccc(-c2c(C)cn3ncnc(C4(N)CC4)c23)cc1. The fraction of sp³-hybridized carbons (Fsp3) is 0.208. The number of amides is 2. The number of aryl methyl sites for hydroxylation is 1. The molecular formula is C24H24N6O2. The van der Waals surface area contributed by atoms with E-state index in [1.54, 1.807) is 25.6 Å². The monoisotopic (exact) mass is 428 g/mol. The molecule has 2 aromatic heterocycles. The predicted octanol–water partition coefficient (Wildman–Crippen LogP) is 4.31. The number of carbonyl (C=O) groups excluding carboxylic acids is 1. The third kappa shape index (κ3) is 3.54. The molecule has 8 heteroatoms. The average molecular weight is 428 g/mol. The number of fused-ring (bicyclic) bond motifs is 1. The Kier molecular flexibility index (Phi) is 4.79. The van der Waals surface area contributed by atoms with E-state index in [2.05, 4.69) is 27.6 Å². The number of nitrogens with one attached hydrogen (secondary N) is 2. The van der Waals surface area contributed by atoms with Crippen molar-refractivity contribution in [3.63, 3.8) is 0 Å². The maximum absolute atomic E-state index is 12.4. The summed E-state index contributed by atoms with van der Waals surface area (Å²) in [4.78, 5) is 17.0. The van der Waals surface area contributed by atoms with Crippen molar-refractivity contribution in [3.05, 3.63) is 72.3 Å². The van der Waals surface area contributed by atoms with E-state index in [1.165, 1.54) is 0 Å². The second-order valence-corrected chi connectivity index (χ2v) is 8.10. The van der Waals surface area contributed by atoms with Gasteiger partial charge in [0.1, 0.15) is 12.1 Å². The normalized spacial score (nSPS) is 14.2. The zero-order valence-corrected chi connectivity index (χ0v) is 17.9. The van der Waals surface area contributed by atoms with Crippen LogP contribution in [0.5, 0.6) is 5.75 Å². The van der Waals surface area contributed by atoms with Crippen LogP contribution in [0, 0.1) is 6.92 Å². The van der Waals surface area contributed by atoms with Crippen LogP contribution in [-0.2, 0) is 5.54 Å². The Bertz CT molecular complexity index is 1310. The molecule has 0 aliphatic heterocycles. The van der Waals surface area contributed by atoms with E-state index in [0.717, 1.165) is 40.7 Å². The lowest BCUT2D eigenvalue weighted by Crippen LogP contribution is -2.22. The molecule has 0 atom stereocenters. The summed E-state index contributed by atoms with van der Waals surface area (Å²) in [6, 6.07) is 14.6. The molecule has 4 aromatic rings. The lowest BCUT2D eigenvalue weighted by atomic mass is 10.00. The first kappa shape index (κ1) is 20.0. The van der Waals surface area contributed by atoms with E-state index in [0.29, 0.717) is 17.1 Å². The number of carbonyl (C=O) groups is 1. The lowest BCUT2D eigenvalue weighted by molar-refractivity contribution is 0.262. The Morgan fingerprint density at radius 2 is 1.88 bits per heavy atom. The molecule has 2 heterocycles. The van der Waals surface area contributed by atoms with Gasteiger partial charge in [-0.3, -0.25) is 0 Å². The molecule has 1 aliphatic rings. The van der Waals surface area contributed by atoms with Gasteiger partial charge in [-0.15, -0.1) is 0 Å². The molecule has 32 heavy (non-hydrogen) atoms. The first-order chi connectivity index (χ1) is 15.5. The summed E-state index contributed by atoms with van der Waals surface area (Å²) in [5.74, 6) is 0.598. The van der Waals surface area contributed by atoms with Gasteiger partial charge < -0.3 is 21.1 Å². The molecule has 2 aromatic carbocycles. The van der Waals surface area contributed by atoms with Crippen molar-refractivity contribution in [1.82, 2.24) is 14.6 Å². The van der Waals surface area contributed by atoms with Gasteiger partial charge in [0.25, 0.3) is 0 Å². The van der Waals surface area contributed by atoms with Gasteiger partial charge in [0.15, 0.2) is 0 Å². The molecule has 0 spiro atoms. The molecule has 1 aliphatic carbocycles. The average Bonchev–Trinajstić information content (AvgIpc) is 3.45. The van der Waals surface area contributed by atoms with Crippen LogP contribution in [0.1, 0.15) is 24.1 Å². The fourth-order valence-electron chi connectivity index (χ4n) is 3.99. The molecule has 0 unspecified atom stereocenters. The highest BCUT2D eigenvalue weighted by Gasteiger charge is 2.43. The second kappa shape index (κ2) is 7.65. The minimum Gasteiger partial charge on any atom is -0.495 e. The van der Waals surface area contributed by atoms with E-state index in [4.69, 9.17) is 10.5 Å². The summed E-state index contributed by atoms with van der Waals surface area (Å²) in [5, 5.41) is 10.0. The van der Waals surface area contributed by atoms with E-state index < -0.39 is 0 Å². The number of para-hydroxylation sites is 2. The third-order valence-electron chi connectivity index (χ3n) is 5.81. The van der Waals surface area contributed by atoms with Crippen molar-refractivity contribution in [2.24, 2.45) is 5.73 Å². The molecule has 2 amide bonds. The second-order valence-electron chi connectivity index (χ2n) is 8.10. The molecule has 5 rings (SSSR count). The van der Waals surface area contributed by atoms with E-state index in [1.807, 2.05) is 47.1 Å². The van der Waals surface area contributed by atoms with Gasteiger partial charge in [0.05, 0.1) is 29.5 Å². The highest BCUT2D eigenvalue weighted by Crippen LogP contribution is 2.45. The van der Waals surface area contributed by atoms with E-state index >= 15 is 0 Å². The van der Waals surface area contributed by atoms with Crippen molar-refractivity contribution >= 4 is 22.9 Å². The Hall–Kier alpha value is -3.91. The van der Waals surface area contributed by atoms with Crippen molar-refractivity contribution in [3.8, 4) is 16.9 Å². The number of rotatable bonds is 5. The van der Waals surface area contributed by atoms with Gasteiger partial charge in [-0.1, -0.05) is 24.3 Å². The summed E-state index contributed by atoms with van der Waals surface area (Å²) >= 11 is 0. The number of methoxy groups -OCH3 is 1. The van der Waals surface area contributed by atoms with Gasteiger partial charge in [0, 0.05) is 17.4 Å². The zero-order chi connectivity index (χ0) is 22.3. The van der Waals surface area contributed by atoms with Crippen molar-refractivity contribution in [2.75, 3.05) is 17.7 Å². The fourth-order valence-corrected chi connectivity index (χ4v) is 3.99. The maximum atomic E-state index is 12.4. The van der Waals surface area contributed by atoms with Crippen molar-refractivity contribution in [2.45, 2.75) is 25.3 Å². The number of hydrogen-bond acceptors (Lipinski definition) is 5. The van der Waals surface area contributed by atoms with Gasteiger partial charge in [-0.2, -0.15) is 5.10 Å². The Balaban J connectivity index is 1.40. The van der Waals surface area contributed by atoms with Crippen LogP contribution >= 0.6 is 0 Å². The zero-order valence-electron chi connectivity index (χ0n) is 17.9. The minimum absolute atomic E-state index is 0.345. The molecule has 0 radical (unpaired) electrons. The Morgan fingerprint density at radius 3 is 2.59 bits per heavy atom. The number of benzene rings is 2. The summed E-state index contributed by atoms with van der Waals surface area (Å²) in [6.07, 6.45) is 5.40. The van der Waals surface area contributed by atoms with Crippen LogP contribution in [0.25, 0.3) is 16.6 Å². The molecule has 162 valence electrons. The van der Waals surface area contributed by atoms with Crippen molar-refractivity contribution < 1.29 is 9.53 Å². The van der Waals surface area contributed by atoms with Crippen LogP contribution in [0.4, 0.5) is 16.2 Å². The molecular weight excluding hydrogens is 404 g/mol. The minimum atomic E-state index is -0.373. The predicted molar refractivity (Wildman–Crippen MR) is 124 cm³/mol. The van der Waals surface area contributed by atoms with Crippen LogP contribution in [0.2, 0.25) is 0 Å². The van der Waals surface area contributed by atoms with Crippen molar-refractivity contribution in [1.29, 1.82) is 0 Å². The Morgan fingerprint density at radius 1 is 1.12 bits per heavy atom. The van der Waals surface area contributed by atoms with Gasteiger partial charge in [-0.05, 0) is 55.2 Å². The highest BCUT2D eigenvalue weighted by atomic mass is 16.5. The number of urea groups is 1. The third-order valence-corrected chi connectivity index (χ3v) is 5.81. The summed E-state index contributed by atoms with van der Waals surface area (Å²) < 4.78 is 7.13. The first-order valence-electron chi connectivity index (χ1n) is 10.4. The number of ether oxygens (including phenoxy) is 1.